The summed E-state index contributed by atoms with van der Waals surface area (Å²) in [5.41, 5.74) is 0. The summed E-state index contributed by atoms with van der Waals surface area (Å²) in [6.45, 7) is 2.06. The summed E-state index contributed by atoms with van der Waals surface area (Å²) >= 11 is 17.7. The van der Waals surface area contributed by atoms with Gasteiger partial charge < -0.3 is 0 Å². The van der Waals surface area contributed by atoms with E-state index in [0.717, 1.165) is 25.7 Å². The zero-order valence-corrected chi connectivity index (χ0v) is 14.1. The first-order valence-electron chi connectivity index (χ1n) is 6.48. The molecular formula is C13H16Cl3NO2S. The maximum absolute atomic E-state index is 12.4. The average Bonchev–Trinajstić information content (AvgIpc) is 2.36. The van der Waals surface area contributed by atoms with Crippen molar-refractivity contribution >= 4 is 44.8 Å². The third-order valence-electron chi connectivity index (χ3n) is 3.68. The molecule has 7 heteroatoms. The van der Waals surface area contributed by atoms with E-state index in [2.05, 4.69) is 11.6 Å². The standard InChI is InChI=1S/C13H16Cl3NO2S/c1-8-4-2-3-5-12(8)17-20(18,19)13-7-10(15)9(14)6-11(13)16/h6-8,12,17H,2-5H2,1H3/t8-,12+/m0/s1. The molecule has 2 atom stereocenters. The van der Waals surface area contributed by atoms with Gasteiger partial charge in [-0.1, -0.05) is 54.6 Å². The third-order valence-corrected chi connectivity index (χ3v) is 6.36. The predicted octanol–water partition coefficient (Wildman–Crippen LogP) is 4.50. The minimum absolute atomic E-state index is 0.0219. The number of hydrogen-bond donors (Lipinski definition) is 1. The van der Waals surface area contributed by atoms with Gasteiger partial charge in [0.25, 0.3) is 0 Å². The van der Waals surface area contributed by atoms with Gasteiger partial charge in [0.05, 0.1) is 15.1 Å². The van der Waals surface area contributed by atoms with Crippen LogP contribution in [0.4, 0.5) is 0 Å². The summed E-state index contributed by atoms with van der Waals surface area (Å²) in [7, 11) is -3.69. The topological polar surface area (TPSA) is 46.2 Å². The largest absolute Gasteiger partial charge is 0.242 e. The highest BCUT2D eigenvalue weighted by molar-refractivity contribution is 7.89. The molecule has 1 saturated carbocycles. The van der Waals surface area contributed by atoms with Crippen LogP contribution in [-0.4, -0.2) is 14.5 Å². The number of halogens is 3. The molecule has 20 heavy (non-hydrogen) atoms. The first kappa shape index (κ1) is 16.4. The molecule has 1 N–H and O–H groups in total. The SMILES string of the molecule is C[C@H]1CCCC[C@H]1NS(=O)(=O)c1cc(Cl)c(Cl)cc1Cl. The first-order chi connectivity index (χ1) is 9.31. The number of benzene rings is 1. The molecule has 1 aromatic rings. The van der Waals surface area contributed by atoms with Gasteiger partial charge in [0.15, 0.2) is 0 Å². The Balaban J connectivity index is 2.28. The number of rotatable bonds is 3. The van der Waals surface area contributed by atoms with E-state index < -0.39 is 10.0 Å². The van der Waals surface area contributed by atoms with Gasteiger partial charge >= 0.3 is 0 Å². The van der Waals surface area contributed by atoms with Crippen molar-refractivity contribution in [2.24, 2.45) is 5.92 Å². The lowest BCUT2D eigenvalue weighted by Crippen LogP contribution is -2.41. The lowest BCUT2D eigenvalue weighted by atomic mass is 9.87. The van der Waals surface area contributed by atoms with Gasteiger partial charge in [-0.25, -0.2) is 13.1 Å². The summed E-state index contributed by atoms with van der Waals surface area (Å²) in [6, 6.07) is 2.59. The second kappa shape index (κ2) is 6.41. The Kier molecular flexibility index (Phi) is 5.24. The van der Waals surface area contributed by atoms with Crippen LogP contribution < -0.4 is 4.72 Å². The minimum Gasteiger partial charge on any atom is -0.208 e. The Hall–Kier alpha value is -0.000000000000000111. The molecule has 0 radical (unpaired) electrons. The van der Waals surface area contributed by atoms with Crippen LogP contribution in [0.25, 0.3) is 0 Å². The van der Waals surface area contributed by atoms with Gasteiger partial charge in [-0.2, -0.15) is 0 Å². The molecule has 112 valence electrons. The second-order valence-electron chi connectivity index (χ2n) is 5.19. The van der Waals surface area contributed by atoms with E-state index in [1.54, 1.807) is 0 Å². The molecule has 0 bridgehead atoms. The molecule has 0 amide bonds. The molecule has 0 aliphatic heterocycles. The Bertz CT molecular complexity index is 604. The van der Waals surface area contributed by atoms with Crippen molar-refractivity contribution in [3.63, 3.8) is 0 Å². The molecule has 0 unspecified atom stereocenters. The fraction of sp³-hybridized carbons (Fsp3) is 0.538. The highest BCUT2D eigenvalue weighted by atomic mass is 35.5. The molecule has 3 nitrogen and oxygen atoms in total. The van der Waals surface area contributed by atoms with Gasteiger partial charge in [-0.15, -0.1) is 0 Å². The zero-order chi connectivity index (χ0) is 14.9. The third kappa shape index (κ3) is 3.60. The van der Waals surface area contributed by atoms with E-state index >= 15 is 0 Å². The molecule has 1 fully saturated rings. The van der Waals surface area contributed by atoms with E-state index in [1.807, 2.05) is 0 Å². The van der Waals surface area contributed by atoms with E-state index in [4.69, 9.17) is 34.8 Å². The van der Waals surface area contributed by atoms with Crippen LogP contribution >= 0.6 is 34.8 Å². The van der Waals surface area contributed by atoms with E-state index in [9.17, 15) is 8.42 Å². The molecule has 0 heterocycles. The lowest BCUT2D eigenvalue weighted by molar-refractivity contribution is 0.310. The van der Waals surface area contributed by atoms with Crippen LogP contribution in [0.5, 0.6) is 0 Å². The van der Waals surface area contributed by atoms with Gasteiger partial charge in [-0.05, 0) is 30.9 Å². The molecule has 0 aromatic heterocycles. The average molecular weight is 357 g/mol. The summed E-state index contributed by atoms with van der Waals surface area (Å²) in [5.74, 6) is 0.320. The van der Waals surface area contributed by atoms with Crippen LogP contribution in [0, 0.1) is 5.92 Å². The molecule has 0 saturated heterocycles. The number of hydrogen-bond acceptors (Lipinski definition) is 2. The van der Waals surface area contributed by atoms with Crippen molar-refractivity contribution in [2.75, 3.05) is 0 Å². The molecule has 0 spiro atoms. The highest BCUT2D eigenvalue weighted by Gasteiger charge is 2.28. The van der Waals surface area contributed by atoms with Crippen LogP contribution in [0.15, 0.2) is 17.0 Å². The first-order valence-corrected chi connectivity index (χ1v) is 9.10. The van der Waals surface area contributed by atoms with Crippen molar-refractivity contribution in [2.45, 2.75) is 43.5 Å². The quantitative estimate of drug-likeness (QED) is 0.810. The van der Waals surface area contributed by atoms with Crippen LogP contribution in [0.1, 0.15) is 32.6 Å². The van der Waals surface area contributed by atoms with E-state index in [1.165, 1.54) is 12.1 Å². The van der Waals surface area contributed by atoms with Crippen molar-refractivity contribution in [1.82, 2.24) is 4.72 Å². The fourth-order valence-electron chi connectivity index (χ4n) is 2.46. The van der Waals surface area contributed by atoms with Crippen molar-refractivity contribution in [3.8, 4) is 0 Å². The van der Waals surface area contributed by atoms with Gasteiger partial charge in [0.2, 0.25) is 10.0 Å². The summed E-state index contributed by atoms with van der Waals surface area (Å²) in [6.07, 6.45) is 4.06. The summed E-state index contributed by atoms with van der Waals surface area (Å²) < 4.78 is 27.6. The number of nitrogens with one attached hydrogen (secondary N) is 1. The number of sulfonamides is 1. The normalized spacial score (nSPS) is 23.8. The van der Waals surface area contributed by atoms with E-state index in [0.29, 0.717) is 5.92 Å². The molecule has 1 aliphatic rings. The van der Waals surface area contributed by atoms with E-state index in [-0.39, 0.29) is 26.0 Å². The smallest absolute Gasteiger partial charge is 0.208 e. The summed E-state index contributed by atoms with van der Waals surface area (Å²) in [4.78, 5) is -0.0219. The Labute approximate surface area is 134 Å². The molecule has 1 aromatic carbocycles. The monoisotopic (exact) mass is 355 g/mol. The van der Waals surface area contributed by atoms with Crippen LogP contribution in [0.3, 0.4) is 0 Å². The highest BCUT2D eigenvalue weighted by Crippen LogP contribution is 2.32. The second-order valence-corrected chi connectivity index (χ2v) is 8.09. The van der Waals surface area contributed by atoms with Crippen LogP contribution in [0.2, 0.25) is 15.1 Å². The van der Waals surface area contributed by atoms with Crippen molar-refractivity contribution in [1.29, 1.82) is 0 Å². The Morgan fingerprint density at radius 2 is 1.65 bits per heavy atom. The van der Waals surface area contributed by atoms with Crippen molar-refractivity contribution < 1.29 is 8.42 Å². The van der Waals surface area contributed by atoms with Crippen LogP contribution in [-0.2, 0) is 10.0 Å². The lowest BCUT2D eigenvalue weighted by Gasteiger charge is -2.29. The minimum atomic E-state index is -3.69. The Morgan fingerprint density at radius 1 is 1.05 bits per heavy atom. The fourth-order valence-corrected chi connectivity index (χ4v) is 4.84. The maximum Gasteiger partial charge on any atom is 0.242 e. The molecule has 2 rings (SSSR count). The van der Waals surface area contributed by atoms with Gasteiger partial charge in [0.1, 0.15) is 4.90 Å². The molecular weight excluding hydrogens is 341 g/mol. The summed E-state index contributed by atoms with van der Waals surface area (Å²) in [5, 5.41) is 0.491. The zero-order valence-electron chi connectivity index (χ0n) is 11.0. The Morgan fingerprint density at radius 3 is 2.30 bits per heavy atom. The van der Waals surface area contributed by atoms with Gasteiger partial charge in [-0.3, -0.25) is 0 Å². The van der Waals surface area contributed by atoms with Crippen molar-refractivity contribution in [3.05, 3.63) is 27.2 Å². The maximum atomic E-state index is 12.4. The molecule has 1 aliphatic carbocycles. The predicted molar refractivity (Wildman–Crippen MR) is 83.2 cm³/mol. The van der Waals surface area contributed by atoms with Gasteiger partial charge in [0, 0.05) is 6.04 Å².